The number of hydrogen-bond acceptors (Lipinski definition) is 1. The molecule has 1 nitrogen and oxygen atoms in total. The zero-order chi connectivity index (χ0) is 20.4. The molecule has 0 aliphatic heterocycles. The van der Waals surface area contributed by atoms with E-state index in [0.29, 0.717) is 0 Å². The molecule has 1 heterocycles. The maximum absolute atomic E-state index is 6.45. The van der Waals surface area contributed by atoms with E-state index in [1.54, 1.807) is 0 Å². The van der Waals surface area contributed by atoms with Gasteiger partial charge in [-0.3, -0.25) is 0 Å². The fourth-order valence-electron chi connectivity index (χ4n) is 5.07. The summed E-state index contributed by atoms with van der Waals surface area (Å²) in [5.41, 5.74) is 4.39. The van der Waals surface area contributed by atoms with Crippen LogP contribution in [-0.2, 0) is 0 Å². The van der Waals surface area contributed by atoms with Crippen molar-refractivity contribution >= 4 is 54.3 Å². The van der Waals surface area contributed by atoms with Gasteiger partial charge in [0.2, 0.25) is 0 Å². The zero-order valence-electron chi connectivity index (χ0n) is 16.8. The molecule has 0 N–H and O–H groups in total. The van der Waals surface area contributed by atoms with Gasteiger partial charge in [-0.2, -0.15) is 0 Å². The Balaban J connectivity index is 1.71. The molecule has 0 unspecified atom stereocenters. The van der Waals surface area contributed by atoms with E-state index >= 15 is 0 Å². The highest BCUT2D eigenvalue weighted by Crippen LogP contribution is 2.43. The van der Waals surface area contributed by atoms with Gasteiger partial charge in [-0.25, -0.2) is 0 Å². The van der Waals surface area contributed by atoms with Gasteiger partial charge in [0, 0.05) is 16.2 Å². The van der Waals surface area contributed by atoms with Crippen LogP contribution in [0.5, 0.6) is 0 Å². The standard InChI is InChI=1S/C30H18O/c1-6-13-24-19(8-1)16-17-26-29-25(14-7-15-27(29)31-30(24)26)28-22-11-4-2-9-20(22)18-21-10-3-5-12-23(21)28/h1-18H. The lowest BCUT2D eigenvalue weighted by Crippen LogP contribution is -1.86. The van der Waals surface area contributed by atoms with Gasteiger partial charge in [0.25, 0.3) is 0 Å². The van der Waals surface area contributed by atoms with Crippen LogP contribution < -0.4 is 0 Å². The van der Waals surface area contributed by atoms with Gasteiger partial charge in [-0.1, -0.05) is 91.0 Å². The fourth-order valence-corrected chi connectivity index (χ4v) is 5.07. The summed E-state index contributed by atoms with van der Waals surface area (Å²) < 4.78 is 6.45. The highest BCUT2D eigenvalue weighted by atomic mass is 16.3. The van der Waals surface area contributed by atoms with Gasteiger partial charge in [0.1, 0.15) is 11.2 Å². The Kier molecular flexibility index (Phi) is 3.33. The Morgan fingerprint density at radius 2 is 1.10 bits per heavy atom. The predicted octanol–water partition coefficient (Wildman–Crippen LogP) is 8.71. The maximum atomic E-state index is 6.45. The SMILES string of the molecule is c1ccc2c(-c3cccc4oc5c6ccccc6ccc5c34)c3ccccc3cc2c1. The van der Waals surface area contributed by atoms with Crippen LogP contribution in [0.25, 0.3) is 65.4 Å². The summed E-state index contributed by atoms with van der Waals surface area (Å²) in [6.07, 6.45) is 0. The first-order valence-corrected chi connectivity index (χ1v) is 10.6. The molecule has 144 valence electrons. The average Bonchev–Trinajstić information content (AvgIpc) is 3.22. The summed E-state index contributed by atoms with van der Waals surface area (Å²) in [6, 6.07) is 38.9. The lowest BCUT2D eigenvalue weighted by atomic mass is 9.90. The fraction of sp³-hybridized carbons (Fsp3) is 0. The molecule has 7 aromatic rings. The van der Waals surface area contributed by atoms with E-state index in [1.165, 1.54) is 48.8 Å². The number of benzene rings is 6. The van der Waals surface area contributed by atoms with Crippen molar-refractivity contribution in [3.8, 4) is 11.1 Å². The van der Waals surface area contributed by atoms with Crippen LogP contribution in [0.1, 0.15) is 0 Å². The van der Waals surface area contributed by atoms with Crippen LogP contribution in [0, 0.1) is 0 Å². The normalized spacial score (nSPS) is 11.9. The van der Waals surface area contributed by atoms with Crippen LogP contribution >= 0.6 is 0 Å². The van der Waals surface area contributed by atoms with Crippen molar-refractivity contribution in [1.29, 1.82) is 0 Å². The Hall–Kier alpha value is -4.10. The van der Waals surface area contributed by atoms with E-state index in [2.05, 4.69) is 109 Å². The number of rotatable bonds is 1. The Bertz CT molecular complexity index is 1730. The largest absolute Gasteiger partial charge is 0.455 e. The first kappa shape index (κ1) is 16.7. The number of furan rings is 1. The second-order valence-corrected chi connectivity index (χ2v) is 8.14. The molecule has 0 amide bonds. The molecule has 31 heavy (non-hydrogen) atoms. The molecule has 6 aromatic carbocycles. The maximum Gasteiger partial charge on any atom is 0.143 e. The summed E-state index contributed by atoms with van der Waals surface area (Å²) in [4.78, 5) is 0. The first-order valence-electron chi connectivity index (χ1n) is 10.6. The molecule has 1 heteroatoms. The minimum absolute atomic E-state index is 0.931. The third-order valence-corrected chi connectivity index (χ3v) is 6.43. The minimum atomic E-state index is 0.931. The predicted molar refractivity (Wildman–Crippen MR) is 132 cm³/mol. The summed E-state index contributed by atoms with van der Waals surface area (Å²) in [5.74, 6) is 0. The smallest absolute Gasteiger partial charge is 0.143 e. The van der Waals surface area contributed by atoms with E-state index in [-0.39, 0.29) is 0 Å². The van der Waals surface area contributed by atoms with Gasteiger partial charge in [0.15, 0.2) is 0 Å². The van der Waals surface area contributed by atoms with Crippen molar-refractivity contribution in [3.63, 3.8) is 0 Å². The quantitative estimate of drug-likeness (QED) is 0.254. The molecular formula is C30H18O. The highest BCUT2D eigenvalue weighted by Gasteiger charge is 2.17. The van der Waals surface area contributed by atoms with E-state index in [0.717, 1.165) is 16.6 Å². The second kappa shape index (κ2) is 6.20. The molecule has 0 fully saturated rings. The average molecular weight is 394 g/mol. The summed E-state index contributed by atoms with van der Waals surface area (Å²) in [6.45, 7) is 0. The Morgan fingerprint density at radius 1 is 0.452 bits per heavy atom. The number of fused-ring (bicyclic) bond motifs is 7. The van der Waals surface area contributed by atoms with Crippen molar-refractivity contribution in [1.82, 2.24) is 0 Å². The van der Waals surface area contributed by atoms with Gasteiger partial charge < -0.3 is 4.42 Å². The van der Waals surface area contributed by atoms with Crippen LogP contribution in [0.15, 0.2) is 114 Å². The topological polar surface area (TPSA) is 13.1 Å². The molecule has 0 spiro atoms. The summed E-state index contributed by atoms with van der Waals surface area (Å²) in [7, 11) is 0. The van der Waals surface area contributed by atoms with Crippen molar-refractivity contribution in [2.75, 3.05) is 0 Å². The van der Waals surface area contributed by atoms with Gasteiger partial charge >= 0.3 is 0 Å². The lowest BCUT2D eigenvalue weighted by molar-refractivity contribution is 0.673. The van der Waals surface area contributed by atoms with Crippen molar-refractivity contribution < 1.29 is 4.42 Å². The summed E-state index contributed by atoms with van der Waals surface area (Å²) in [5, 5.41) is 9.76. The van der Waals surface area contributed by atoms with E-state index < -0.39 is 0 Å². The van der Waals surface area contributed by atoms with Crippen LogP contribution in [0.3, 0.4) is 0 Å². The van der Waals surface area contributed by atoms with E-state index in [1.807, 2.05) is 0 Å². The molecule has 0 saturated heterocycles. The molecule has 0 saturated carbocycles. The second-order valence-electron chi connectivity index (χ2n) is 8.14. The Labute approximate surface area is 179 Å². The van der Waals surface area contributed by atoms with E-state index in [4.69, 9.17) is 4.42 Å². The third kappa shape index (κ3) is 2.32. The molecule has 0 radical (unpaired) electrons. The first-order chi connectivity index (χ1) is 15.4. The van der Waals surface area contributed by atoms with E-state index in [9.17, 15) is 0 Å². The van der Waals surface area contributed by atoms with Crippen LogP contribution in [0.2, 0.25) is 0 Å². The van der Waals surface area contributed by atoms with Crippen LogP contribution in [0.4, 0.5) is 0 Å². The van der Waals surface area contributed by atoms with Crippen molar-refractivity contribution in [2.24, 2.45) is 0 Å². The minimum Gasteiger partial charge on any atom is -0.455 e. The monoisotopic (exact) mass is 394 g/mol. The molecular weight excluding hydrogens is 376 g/mol. The lowest BCUT2D eigenvalue weighted by Gasteiger charge is -2.13. The molecule has 0 atom stereocenters. The van der Waals surface area contributed by atoms with Gasteiger partial charge in [-0.15, -0.1) is 0 Å². The van der Waals surface area contributed by atoms with Crippen LogP contribution in [-0.4, -0.2) is 0 Å². The number of hydrogen-bond donors (Lipinski definition) is 0. The third-order valence-electron chi connectivity index (χ3n) is 6.43. The Morgan fingerprint density at radius 3 is 1.84 bits per heavy atom. The van der Waals surface area contributed by atoms with Gasteiger partial charge in [0.05, 0.1) is 0 Å². The molecule has 0 aliphatic carbocycles. The highest BCUT2D eigenvalue weighted by molar-refractivity contribution is 6.23. The molecule has 0 bridgehead atoms. The summed E-state index contributed by atoms with van der Waals surface area (Å²) >= 11 is 0. The van der Waals surface area contributed by atoms with Crippen molar-refractivity contribution in [3.05, 3.63) is 109 Å². The molecule has 1 aromatic heterocycles. The zero-order valence-corrected chi connectivity index (χ0v) is 16.8. The van der Waals surface area contributed by atoms with Gasteiger partial charge in [-0.05, 0) is 56.3 Å². The molecule has 0 aliphatic rings. The van der Waals surface area contributed by atoms with Crippen molar-refractivity contribution in [2.45, 2.75) is 0 Å². The molecule has 7 rings (SSSR count).